The zero-order valence-electron chi connectivity index (χ0n) is 16.5. The molecule has 1 aliphatic rings. The first-order chi connectivity index (χ1) is 13.4. The zero-order chi connectivity index (χ0) is 20.3. The number of aryl methyl sites for hydroxylation is 1. The fourth-order valence-electron chi connectivity index (χ4n) is 3.14. The number of primary amides is 1. The fourth-order valence-corrected chi connectivity index (χ4v) is 4.13. The molecule has 8 heteroatoms. The van der Waals surface area contributed by atoms with Gasteiger partial charge in [-0.3, -0.25) is 9.59 Å². The number of imidazole rings is 1. The number of hydrogen-bond acceptors (Lipinski definition) is 5. The smallest absolute Gasteiger partial charge is 0.260 e. The highest BCUT2D eigenvalue weighted by atomic mass is 32.2. The van der Waals surface area contributed by atoms with Crippen molar-refractivity contribution in [2.45, 2.75) is 51.4 Å². The number of nitrogens with two attached hydrogens (primary N) is 1. The van der Waals surface area contributed by atoms with Crippen LogP contribution in [0.25, 0.3) is 0 Å². The number of anilines is 1. The maximum absolute atomic E-state index is 13.0. The third kappa shape index (κ3) is 4.16. The van der Waals surface area contributed by atoms with E-state index in [-0.39, 0.29) is 18.2 Å². The van der Waals surface area contributed by atoms with E-state index < -0.39 is 12.0 Å². The SMILES string of the molecule is CCCCn1c(SCC(=O)N2CC(C(N)=O)Oc3ccccc32)nc(C)c1C. The van der Waals surface area contributed by atoms with Gasteiger partial charge in [0.15, 0.2) is 11.3 Å². The minimum atomic E-state index is -0.847. The molecule has 0 bridgehead atoms. The van der Waals surface area contributed by atoms with Crippen LogP contribution < -0.4 is 15.4 Å². The Bertz CT molecular complexity index is 880. The van der Waals surface area contributed by atoms with E-state index in [0.29, 0.717) is 11.4 Å². The summed E-state index contributed by atoms with van der Waals surface area (Å²) in [6, 6.07) is 7.19. The van der Waals surface area contributed by atoms with Gasteiger partial charge in [-0.2, -0.15) is 0 Å². The number of nitrogens with zero attached hydrogens (tertiary/aromatic N) is 3. The molecule has 0 saturated carbocycles. The molecule has 2 N–H and O–H groups in total. The largest absolute Gasteiger partial charge is 0.477 e. The van der Waals surface area contributed by atoms with E-state index in [2.05, 4.69) is 23.4 Å². The first kappa shape index (κ1) is 20.3. The summed E-state index contributed by atoms with van der Waals surface area (Å²) in [4.78, 5) is 30.8. The molecule has 7 nitrogen and oxygen atoms in total. The van der Waals surface area contributed by atoms with Gasteiger partial charge < -0.3 is 19.9 Å². The van der Waals surface area contributed by atoms with Gasteiger partial charge >= 0.3 is 0 Å². The van der Waals surface area contributed by atoms with Crippen molar-refractivity contribution in [1.29, 1.82) is 0 Å². The number of unbranched alkanes of at least 4 members (excludes halogenated alkanes) is 1. The molecule has 1 atom stereocenters. The zero-order valence-corrected chi connectivity index (χ0v) is 17.3. The third-order valence-electron chi connectivity index (χ3n) is 4.87. The van der Waals surface area contributed by atoms with E-state index in [4.69, 9.17) is 10.5 Å². The second-order valence-corrected chi connectivity index (χ2v) is 7.78. The van der Waals surface area contributed by atoms with Crippen molar-refractivity contribution >= 4 is 29.3 Å². The number of benzene rings is 1. The molecule has 0 aliphatic carbocycles. The van der Waals surface area contributed by atoms with Gasteiger partial charge in [-0.15, -0.1) is 0 Å². The van der Waals surface area contributed by atoms with Crippen molar-refractivity contribution in [3.63, 3.8) is 0 Å². The van der Waals surface area contributed by atoms with Crippen molar-refractivity contribution in [2.24, 2.45) is 5.73 Å². The Morgan fingerprint density at radius 1 is 1.32 bits per heavy atom. The Morgan fingerprint density at radius 3 is 2.79 bits per heavy atom. The fraction of sp³-hybridized carbons (Fsp3) is 0.450. The topological polar surface area (TPSA) is 90.5 Å². The van der Waals surface area contributed by atoms with Gasteiger partial charge in [0.05, 0.1) is 23.7 Å². The van der Waals surface area contributed by atoms with Crippen LogP contribution >= 0.6 is 11.8 Å². The summed E-state index contributed by atoms with van der Waals surface area (Å²) in [6.07, 6.45) is 1.31. The van der Waals surface area contributed by atoms with Gasteiger partial charge in [-0.1, -0.05) is 37.2 Å². The van der Waals surface area contributed by atoms with Crippen molar-refractivity contribution in [1.82, 2.24) is 9.55 Å². The van der Waals surface area contributed by atoms with Crippen molar-refractivity contribution < 1.29 is 14.3 Å². The molecule has 3 rings (SSSR count). The summed E-state index contributed by atoms with van der Waals surface area (Å²) in [6.45, 7) is 7.21. The number of para-hydroxylation sites is 2. The number of thioether (sulfide) groups is 1. The van der Waals surface area contributed by atoms with Crippen LogP contribution in [-0.4, -0.2) is 39.8 Å². The maximum Gasteiger partial charge on any atom is 0.260 e. The molecule has 2 amide bonds. The summed E-state index contributed by atoms with van der Waals surface area (Å²) < 4.78 is 7.80. The number of amides is 2. The molecule has 2 heterocycles. The molecular formula is C20H26N4O3S. The van der Waals surface area contributed by atoms with Crippen molar-refractivity contribution in [3.8, 4) is 5.75 Å². The van der Waals surface area contributed by atoms with Crippen LogP contribution in [0.5, 0.6) is 5.75 Å². The maximum atomic E-state index is 13.0. The molecular weight excluding hydrogens is 376 g/mol. The van der Waals surface area contributed by atoms with Crippen LogP contribution in [-0.2, 0) is 16.1 Å². The summed E-state index contributed by atoms with van der Waals surface area (Å²) in [5.74, 6) is 0.0302. The number of ether oxygens (including phenoxy) is 1. The second-order valence-electron chi connectivity index (χ2n) is 6.84. The van der Waals surface area contributed by atoms with Crippen molar-refractivity contribution in [3.05, 3.63) is 35.7 Å². The van der Waals surface area contributed by atoms with Crippen molar-refractivity contribution in [2.75, 3.05) is 17.2 Å². The van der Waals surface area contributed by atoms with E-state index in [0.717, 1.165) is 35.9 Å². The molecule has 28 heavy (non-hydrogen) atoms. The summed E-state index contributed by atoms with van der Waals surface area (Å²) in [7, 11) is 0. The third-order valence-corrected chi connectivity index (χ3v) is 5.84. The van der Waals surface area contributed by atoms with Crippen LogP contribution in [0.15, 0.2) is 29.4 Å². The standard InChI is InChI=1S/C20H26N4O3S/c1-4-5-10-23-14(3)13(2)22-20(23)28-12-18(25)24-11-17(19(21)26)27-16-9-7-6-8-15(16)24/h6-9,17H,4-5,10-12H2,1-3H3,(H2,21,26). The van der Waals surface area contributed by atoms with Gasteiger partial charge in [0, 0.05) is 12.2 Å². The molecule has 0 saturated heterocycles. The van der Waals surface area contributed by atoms with Gasteiger partial charge in [-0.05, 0) is 32.4 Å². The average Bonchev–Trinajstić information content (AvgIpc) is 2.96. The van der Waals surface area contributed by atoms with Gasteiger partial charge in [0.2, 0.25) is 5.91 Å². The van der Waals surface area contributed by atoms with Crippen LogP contribution in [0, 0.1) is 13.8 Å². The highest BCUT2D eigenvalue weighted by Crippen LogP contribution is 2.34. The number of carbonyl (C=O) groups excluding carboxylic acids is 2. The second kappa shape index (κ2) is 8.68. The number of carbonyl (C=O) groups is 2. The molecule has 2 aromatic rings. The molecule has 0 fully saturated rings. The number of rotatable bonds is 7. The van der Waals surface area contributed by atoms with Crippen LogP contribution in [0.2, 0.25) is 0 Å². The number of hydrogen-bond donors (Lipinski definition) is 1. The minimum Gasteiger partial charge on any atom is -0.477 e. The lowest BCUT2D eigenvalue weighted by Gasteiger charge is -2.33. The molecule has 1 aromatic heterocycles. The summed E-state index contributed by atoms with van der Waals surface area (Å²) in [5.41, 5.74) is 8.19. The summed E-state index contributed by atoms with van der Waals surface area (Å²) in [5, 5.41) is 0.852. The number of fused-ring (bicyclic) bond motifs is 1. The predicted octanol–water partition coefficient (Wildman–Crippen LogP) is 2.67. The van der Waals surface area contributed by atoms with Crippen LogP contribution in [0.4, 0.5) is 5.69 Å². The molecule has 1 aromatic carbocycles. The predicted molar refractivity (Wildman–Crippen MR) is 110 cm³/mol. The highest BCUT2D eigenvalue weighted by molar-refractivity contribution is 7.99. The average molecular weight is 403 g/mol. The molecule has 150 valence electrons. The van der Waals surface area contributed by atoms with Gasteiger partial charge in [-0.25, -0.2) is 4.98 Å². The lowest BCUT2D eigenvalue weighted by atomic mass is 10.2. The molecule has 0 radical (unpaired) electrons. The van der Waals surface area contributed by atoms with Crippen LogP contribution in [0.3, 0.4) is 0 Å². The van der Waals surface area contributed by atoms with Gasteiger partial charge in [0.25, 0.3) is 5.91 Å². The molecule has 0 spiro atoms. The lowest BCUT2D eigenvalue weighted by molar-refractivity contribution is -0.125. The van der Waals surface area contributed by atoms with E-state index in [1.165, 1.54) is 11.8 Å². The Hall–Kier alpha value is -2.48. The highest BCUT2D eigenvalue weighted by Gasteiger charge is 2.32. The Labute approximate surface area is 169 Å². The van der Waals surface area contributed by atoms with E-state index in [1.807, 2.05) is 19.1 Å². The lowest BCUT2D eigenvalue weighted by Crippen LogP contribution is -2.49. The molecule has 1 aliphatic heterocycles. The Balaban J connectivity index is 1.76. The van der Waals surface area contributed by atoms with Crippen LogP contribution in [0.1, 0.15) is 31.2 Å². The first-order valence-electron chi connectivity index (χ1n) is 9.44. The monoisotopic (exact) mass is 402 g/mol. The normalized spacial score (nSPS) is 15.8. The number of aromatic nitrogens is 2. The van der Waals surface area contributed by atoms with Gasteiger partial charge in [0.1, 0.15) is 5.75 Å². The Morgan fingerprint density at radius 2 is 2.07 bits per heavy atom. The Kier molecular flexibility index (Phi) is 6.28. The quantitative estimate of drug-likeness (QED) is 0.719. The molecule has 1 unspecified atom stereocenters. The minimum absolute atomic E-state index is 0.104. The summed E-state index contributed by atoms with van der Waals surface area (Å²) >= 11 is 1.42. The first-order valence-corrected chi connectivity index (χ1v) is 10.4. The van der Waals surface area contributed by atoms with E-state index in [9.17, 15) is 9.59 Å². The van der Waals surface area contributed by atoms with E-state index in [1.54, 1.807) is 17.0 Å². The van der Waals surface area contributed by atoms with E-state index >= 15 is 0 Å².